The number of cyclic esters (lactones) is 1. The number of rotatable bonds is 3. The van der Waals surface area contributed by atoms with E-state index in [1.165, 1.54) is 12.1 Å². The summed E-state index contributed by atoms with van der Waals surface area (Å²) in [5.74, 6) is 0.0292. The van der Waals surface area contributed by atoms with Crippen LogP contribution < -0.4 is 0 Å². The van der Waals surface area contributed by atoms with Crippen LogP contribution in [0.2, 0.25) is 0 Å². The van der Waals surface area contributed by atoms with Crippen molar-refractivity contribution in [2.45, 2.75) is 20.8 Å². The molecule has 0 atom stereocenters. The highest BCUT2D eigenvalue weighted by Crippen LogP contribution is 2.29. The maximum atomic E-state index is 12.2. The summed E-state index contributed by atoms with van der Waals surface area (Å²) in [5.41, 5.74) is 4.94. The van der Waals surface area contributed by atoms with E-state index in [1.807, 2.05) is 39.0 Å². The zero-order valence-corrected chi connectivity index (χ0v) is 14.2. The van der Waals surface area contributed by atoms with Crippen molar-refractivity contribution in [3.05, 3.63) is 86.0 Å². The van der Waals surface area contributed by atoms with Gasteiger partial charge in [-0.3, -0.25) is 10.1 Å². The molecule has 0 aliphatic carbocycles. The van der Waals surface area contributed by atoms with Crippen LogP contribution in [0.3, 0.4) is 0 Å². The second-order valence-corrected chi connectivity index (χ2v) is 6.09. The van der Waals surface area contributed by atoms with Gasteiger partial charge in [0.15, 0.2) is 0 Å². The van der Waals surface area contributed by atoms with Crippen LogP contribution in [-0.2, 0) is 9.53 Å². The molecule has 126 valence electrons. The predicted molar refractivity (Wildman–Crippen MR) is 95.8 cm³/mol. The number of carbonyl (C=O) groups is 1. The van der Waals surface area contributed by atoms with Crippen LogP contribution in [0.15, 0.2) is 48.0 Å². The summed E-state index contributed by atoms with van der Waals surface area (Å²) in [6.45, 7) is 5.86. The number of hydrogen-bond acceptors (Lipinski definition) is 4. The fraction of sp³-hybridized carbons (Fsp3) is 0.150. The first-order valence-corrected chi connectivity index (χ1v) is 7.83. The lowest BCUT2D eigenvalue weighted by Crippen LogP contribution is -1.98. The Morgan fingerprint density at radius 3 is 2.40 bits per heavy atom. The van der Waals surface area contributed by atoms with E-state index in [0.29, 0.717) is 16.9 Å². The molecule has 2 aromatic carbocycles. The topological polar surface area (TPSA) is 69.4 Å². The molecule has 0 amide bonds. The zero-order valence-electron chi connectivity index (χ0n) is 14.2. The van der Waals surface area contributed by atoms with Crippen molar-refractivity contribution in [1.82, 2.24) is 0 Å². The minimum absolute atomic E-state index is 0.0119. The van der Waals surface area contributed by atoms with Crippen LogP contribution in [0.5, 0.6) is 0 Å². The molecule has 1 heterocycles. The van der Waals surface area contributed by atoms with Gasteiger partial charge in [-0.25, -0.2) is 4.79 Å². The van der Waals surface area contributed by atoms with E-state index < -0.39 is 10.9 Å². The Bertz CT molecular complexity index is 954. The number of benzene rings is 2. The van der Waals surface area contributed by atoms with Crippen molar-refractivity contribution >= 4 is 23.5 Å². The zero-order chi connectivity index (χ0) is 18.1. The molecule has 0 saturated carbocycles. The summed E-state index contributed by atoms with van der Waals surface area (Å²) in [6.07, 6.45) is 3.30. The van der Waals surface area contributed by atoms with E-state index in [0.717, 1.165) is 22.3 Å². The number of aryl methyl sites for hydroxylation is 3. The van der Waals surface area contributed by atoms with Crippen molar-refractivity contribution in [3.8, 4) is 0 Å². The van der Waals surface area contributed by atoms with Gasteiger partial charge < -0.3 is 4.74 Å². The van der Waals surface area contributed by atoms with Gasteiger partial charge >= 0.3 is 5.97 Å². The Hall–Kier alpha value is -3.21. The summed E-state index contributed by atoms with van der Waals surface area (Å²) >= 11 is 0. The number of esters is 1. The minimum Gasteiger partial charge on any atom is -0.422 e. The maximum absolute atomic E-state index is 12.2. The van der Waals surface area contributed by atoms with Gasteiger partial charge in [0, 0.05) is 17.7 Å². The third-order valence-corrected chi connectivity index (χ3v) is 4.30. The number of nitro benzene ring substituents is 1. The van der Waals surface area contributed by atoms with Gasteiger partial charge in [-0.05, 0) is 61.2 Å². The number of ether oxygens (including phenoxy) is 1. The summed E-state index contributed by atoms with van der Waals surface area (Å²) in [7, 11) is 0. The average Bonchev–Trinajstić information content (AvgIpc) is 2.93. The summed E-state index contributed by atoms with van der Waals surface area (Å²) < 4.78 is 5.36. The Morgan fingerprint density at radius 1 is 1.00 bits per heavy atom. The van der Waals surface area contributed by atoms with Crippen molar-refractivity contribution < 1.29 is 14.5 Å². The van der Waals surface area contributed by atoms with Crippen molar-refractivity contribution in [3.63, 3.8) is 0 Å². The molecule has 2 aromatic rings. The van der Waals surface area contributed by atoms with Gasteiger partial charge in [-0.2, -0.15) is 0 Å². The average molecular weight is 335 g/mol. The summed E-state index contributed by atoms with van der Waals surface area (Å²) in [4.78, 5) is 22.7. The molecule has 3 rings (SSSR count). The van der Waals surface area contributed by atoms with E-state index in [9.17, 15) is 14.9 Å². The number of hydrogen-bond donors (Lipinski definition) is 0. The fourth-order valence-corrected chi connectivity index (χ4v) is 2.59. The maximum Gasteiger partial charge on any atom is 0.343 e. The second kappa shape index (κ2) is 6.36. The molecule has 0 saturated heterocycles. The monoisotopic (exact) mass is 335 g/mol. The molecule has 0 fully saturated rings. The highest BCUT2D eigenvalue weighted by molar-refractivity contribution is 6.05. The quantitative estimate of drug-likeness (QED) is 0.358. The molecule has 0 bridgehead atoms. The SMILES string of the molecule is Cc1ccc(C2=C/C(=C/c3cc([N+](=O)[O-])ccc3C)C(=O)O2)cc1C. The highest BCUT2D eigenvalue weighted by Gasteiger charge is 2.22. The molecule has 0 spiro atoms. The lowest BCUT2D eigenvalue weighted by atomic mass is 10.0. The molecule has 0 radical (unpaired) electrons. The Kier molecular flexibility index (Phi) is 4.23. The van der Waals surface area contributed by atoms with Crippen LogP contribution in [-0.4, -0.2) is 10.9 Å². The Morgan fingerprint density at radius 2 is 1.72 bits per heavy atom. The van der Waals surface area contributed by atoms with Crippen LogP contribution in [0.1, 0.15) is 27.8 Å². The molecular formula is C20H17NO4. The number of carbonyl (C=O) groups excluding carboxylic acids is 1. The van der Waals surface area contributed by atoms with Crippen LogP contribution in [0.4, 0.5) is 5.69 Å². The van der Waals surface area contributed by atoms with Crippen LogP contribution >= 0.6 is 0 Å². The normalized spacial score (nSPS) is 15.2. The largest absolute Gasteiger partial charge is 0.422 e. The summed E-state index contributed by atoms with van der Waals surface area (Å²) in [6, 6.07) is 10.4. The molecule has 0 unspecified atom stereocenters. The Labute approximate surface area is 145 Å². The molecule has 25 heavy (non-hydrogen) atoms. The molecule has 1 aliphatic heterocycles. The van der Waals surface area contributed by atoms with Crippen LogP contribution in [0.25, 0.3) is 11.8 Å². The van der Waals surface area contributed by atoms with E-state index in [4.69, 9.17) is 4.74 Å². The molecule has 5 nitrogen and oxygen atoms in total. The van der Waals surface area contributed by atoms with E-state index in [-0.39, 0.29) is 5.69 Å². The lowest BCUT2D eigenvalue weighted by molar-refractivity contribution is -0.384. The lowest BCUT2D eigenvalue weighted by Gasteiger charge is -2.05. The van der Waals surface area contributed by atoms with E-state index >= 15 is 0 Å². The smallest absolute Gasteiger partial charge is 0.343 e. The Balaban J connectivity index is 2.00. The van der Waals surface area contributed by atoms with Gasteiger partial charge in [-0.15, -0.1) is 0 Å². The number of non-ortho nitro benzene ring substituents is 1. The van der Waals surface area contributed by atoms with E-state index in [1.54, 1.807) is 18.2 Å². The number of nitrogens with zero attached hydrogens (tertiary/aromatic N) is 1. The van der Waals surface area contributed by atoms with Gasteiger partial charge in [-0.1, -0.05) is 18.2 Å². The van der Waals surface area contributed by atoms with Gasteiger partial charge in [0.2, 0.25) is 0 Å². The highest BCUT2D eigenvalue weighted by atomic mass is 16.6. The third kappa shape index (κ3) is 3.35. The number of nitro groups is 1. The first-order valence-electron chi connectivity index (χ1n) is 7.83. The van der Waals surface area contributed by atoms with Gasteiger partial charge in [0.25, 0.3) is 5.69 Å². The predicted octanol–water partition coefficient (Wildman–Crippen LogP) is 4.50. The van der Waals surface area contributed by atoms with E-state index in [2.05, 4.69) is 0 Å². The molecule has 0 N–H and O–H groups in total. The molecule has 5 heteroatoms. The molecule has 1 aliphatic rings. The van der Waals surface area contributed by atoms with Crippen molar-refractivity contribution in [1.29, 1.82) is 0 Å². The first kappa shape index (κ1) is 16.6. The van der Waals surface area contributed by atoms with Gasteiger partial charge in [0.1, 0.15) is 5.76 Å². The van der Waals surface area contributed by atoms with Crippen LogP contribution in [0, 0.1) is 30.9 Å². The molecular weight excluding hydrogens is 318 g/mol. The fourth-order valence-electron chi connectivity index (χ4n) is 2.59. The second-order valence-electron chi connectivity index (χ2n) is 6.09. The first-order chi connectivity index (χ1) is 11.8. The molecule has 0 aromatic heterocycles. The minimum atomic E-state index is -0.459. The van der Waals surface area contributed by atoms with Crippen molar-refractivity contribution in [2.24, 2.45) is 0 Å². The standard InChI is InChI=1S/C20H17NO4/c1-12-4-6-15(8-14(12)3)19-11-17(20(22)25-19)9-16-10-18(21(23)24)7-5-13(16)2/h4-11H,1-3H3/b17-9-. The third-order valence-electron chi connectivity index (χ3n) is 4.30. The summed E-state index contributed by atoms with van der Waals surface area (Å²) in [5, 5.41) is 10.9. The van der Waals surface area contributed by atoms with Crippen molar-refractivity contribution in [2.75, 3.05) is 0 Å². The van der Waals surface area contributed by atoms with Gasteiger partial charge in [0.05, 0.1) is 10.5 Å².